The summed E-state index contributed by atoms with van der Waals surface area (Å²) >= 11 is 0. The number of aryl methyl sites for hydroxylation is 2. The fraction of sp³-hybridized carbons (Fsp3) is 0.250. The lowest BCUT2D eigenvalue weighted by molar-refractivity contribution is 0.102. The smallest absolute Gasteiger partial charge is 0.257 e. The maximum Gasteiger partial charge on any atom is 0.257 e. The van der Waals surface area contributed by atoms with Crippen molar-refractivity contribution in [3.05, 3.63) is 83.2 Å². The van der Waals surface area contributed by atoms with Gasteiger partial charge in [-0.1, -0.05) is 45.0 Å². The summed E-state index contributed by atoms with van der Waals surface area (Å²) in [5.41, 5.74) is 4.12. The van der Waals surface area contributed by atoms with Crippen LogP contribution in [-0.4, -0.2) is 10.9 Å². The van der Waals surface area contributed by atoms with Crippen LogP contribution in [0.15, 0.2) is 60.7 Å². The molecule has 28 heavy (non-hydrogen) atoms. The molecule has 144 valence electrons. The average molecular weight is 374 g/mol. The Morgan fingerprint density at radius 3 is 2.57 bits per heavy atom. The van der Waals surface area contributed by atoms with Gasteiger partial charge in [0.25, 0.3) is 5.91 Å². The van der Waals surface area contributed by atoms with Gasteiger partial charge in [-0.3, -0.25) is 9.78 Å². The molecule has 0 atom stereocenters. The Kier molecular flexibility index (Phi) is 6.09. The van der Waals surface area contributed by atoms with Crippen LogP contribution in [0.1, 0.15) is 54.0 Å². The molecule has 2 aromatic carbocycles. The van der Waals surface area contributed by atoms with E-state index in [1.54, 1.807) is 0 Å². The highest BCUT2D eigenvalue weighted by Gasteiger charge is 2.12. The summed E-state index contributed by atoms with van der Waals surface area (Å²) in [6, 6.07) is 19.2. The van der Waals surface area contributed by atoms with Crippen molar-refractivity contribution in [3.8, 4) is 11.5 Å². The highest BCUT2D eigenvalue weighted by Crippen LogP contribution is 2.31. The molecule has 0 saturated carbocycles. The lowest BCUT2D eigenvalue weighted by Crippen LogP contribution is -2.14. The molecule has 0 fully saturated rings. The number of amides is 1. The molecule has 0 radical (unpaired) electrons. The lowest BCUT2D eigenvalue weighted by atomic mass is 10.0. The van der Waals surface area contributed by atoms with E-state index in [1.165, 1.54) is 0 Å². The first-order valence-corrected chi connectivity index (χ1v) is 9.62. The zero-order valence-corrected chi connectivity index (χ0v) is 16.8. The van der Waals surface area contributed by atoms with Crippen LogP contribution < -0.4 is 10.1 Å². The van der Waals surface area contributed by atoms with Crippen LogP contribution in [0.5, 0.6) is 11.5 Å². The molecule has 3 rings (SSSR count). The van der Waals surface area contributed by atoms with Crippen molar-refractivity contribution in [2.75, 3.05) is 5.32 Å². The number of pyridine rings is 1. The van der Waals surface area contributed by atoms with Gasteiger partial charge in [-0.25, -0.2) is 0 Å². The Balaban J connectivity index is 1.78. The van der Waals surface area contributed by atoms with Crippen LogP contribution in [0, 0.1) is 6.92 Å². The lowest BCUT2D eigenvalue weighted by Gasteiger charge is -2.14. The van der Waals surface area contributed by atoms with E-state index in [-0.39, 0.29) is 5.91 Å². The Hall–Kier alpha value is -3.14. The van der Waals surface area contributed by atoms with Gasteiger partial charge in [0.05, 0.1) is 11.3 Å². The summed E-state index contributed by atoms with van der Waals surface area (Å²) in [6.07, 6.45) is 0.847. The summed E-state index contributed by atoms with van der Waals surface area (Å²) < 4.78 is 6.09. The molecule has 0 unspecified atom stereocenters. The maximum atomic E-state index is 12.7. The molecule has 3 aromatic rings. The minimum atomic E-state index is -0.174. The molecule has 0 aliphatic rings. The van der Waals surface area contributed by atoms with Crippen LogP contribution in [0.4, 0.5) is 5.69 Å². The number of nitrogens with zero attached hydrogens (tertiary/aromatic N) is 1. The number of ether oxygens (including phenoxy) is 1. The van der Waals surface area contributed by atoms with Crippen molar-refractivity contribution >= 4 is 11.6 Å². The predicted octanol–water partition coefficient (Wildman–Crippen LogP) is 6.12. The van der Waals surface area contributed by atoms with Gasteiger partial charge in [0.15, 0.2) is 0 Å². The highest BCUT2D eigenvalue weighted by atomic mass is 16.5. The number of carbonyl (C=O) groups is 1. The molecule has 1 heterocycles. The number of hydrogen-bond acceptors (Lipinski definition) is 3. The topological polar surface area (TPSA) is 51.2 Å². The molecule has 4 nitrogen and oxygen atoms in total. The van der Waals surface area contributed by atoms with Crippen molar-refractivity contribution in [2.24, 2.45) is 0 Å². The minimum Gasteiger partial charge on any atom is -0.457 e. The molecule has 0 spiro atoms. The molecule has 1 amide bonds. The Morgan fingerprint density at radius 1 is 1.07 bits per heavy atom. The summed E-state index contributed by atoms with van der Waals surface area (Å²) in [5.74, 6) is 1.70. The Labute approximate surface area is 166 Å². The standard InChI is InChI=1S/C24H26N2O2/c1-5-18-13-14-22(17(4)25-18)24(27)26-19-9-8-10-20(15-19)28-23-12-7-6-11-21(23)16(2)3/h6-16H,5H2,1-4H3,(H,26,27). The molecular weight excluding hydrogens is 348 g/mol. The summed E-state index contributed by atoms with van der Waals surface area (Å²) in [7, 11) is 0. The number of rotatable bonds is 6. The van der Waals surface area contributed by atoms with Crippen LogP contribution in [0.25, 0.3) is 0 Å². The minimum absolute atomic E-state index is 0.174. The summed E-state index contributed by atoms with van der Waals surface area (Å²) in [4.78, 5) is 17.1. The van der Waals surface area contributed by atoms with Gasteiger partial charge in [0, 0.05) is 17.4 Å². The summed E-state index contributed by atoms with van der Waals surface area (Å²) in [6.45, 7) is 8.18. The molecule has 1 aromatic heterocycles. The zero-order chi connectivity index (χ0) is 20.1. The monoisotopic (exact) mass is 374 g/mol. The van der Waals surface area contributed by atoms with E-state index < -0.39 is 0 Å². The Bertz CT molecular complexity index is 980. The number of hydrogen-bond donors (Lipinski definition) is 1. The van der Waals surface area contributed by atoms with E-state index in [9.17, 15) is 4.79 Å². The van der Waals surface area contributed by atoms with E-state index in [0.717, 1.165) is 29.1 Å². The third-order valence-electron chi connectivity index (χ3n) is 4.61. The van der Waals surface area contributed by atoms with Crippen LogP contribution in [0.2, 0.25) is 0 Å². The molecule has 0 bridgehead atoms. The fourth-order valence-corrected chi connectivity index (χ4v) is 3.06. The number of benzene rings is 2. The van der Waals surface area contributed by atoms with Crippen molar-refractivity contribution < 1.29 is 9.53 Å². The van der Waals surface area contributed by atoms with E-state index in [2.05, 4.69) is 30.2 Å². The fourth-order valence-electron chi connectivity index (χ4n) is 3.06. The number of aromatic nitrogens is 1. The second kappa shape index (κ2) is 8.70. The zero-order valence-electron chi connectivity index (χ0n) is 16.8. The number of para-hydroxylation sites is 1. The van der Waals surface area contributed by atoms with E-state index in [0.29, 0.717) is 22.9 Å². The predicted molar refractivity (Wildman–Crippen MR) is 113 cm³/mol. The van der Waals surface area contributed by atoms with Crippen LogP contribution in [0.3, 0.4) is 0 Å². The SMILES string of the molecule is CCc1ccc(C(=O)Nc2cccc(Oc3ccccc3C(C)C)c2)c(C)n1. The maximum absolute atomic E-state index is 12.7. The average Bonchev–Trinajstić information content (AvgIpc) is 2.68. The summed E-state index contributed by atoms with van der Waals surface area (Å²) in [5, 5.41) is 2.94. The molecule has 4 heteroatoms. The van der Waals surface area contributed by atoms with Gasteiger partial charge in [0.2, 0.25) is 0 Å². The highest BCUT2D eigenvalue weighted by molar-refractivity contribution is 6.05. The molecular formula is C24H26N2O2. The van der Waals surface area contributed by atoms with Gasteiger partial charge >= 0.3 is 0 Å². The van der Waals surface area contributed by atoms with Crippen molar-refractivity contribution in [3.63, 3.8) is 0 Å². The second-order valence-corrected chi connectivity index (χ2v) is 7.07. The van der Waals surface area contributed by atoms with Crippen molar-refractivity contribution in [2.45, 2.75) is 40.0 Å². The van der Waals surface area contributed by atoms with Crippen LogP contribution >= 0.6 is 0 Å². The van der Waals surface area contributed by atoms with Gasteiger partial charge < -0.3 is 10.1 Å². The normalized spacial score (nSPS) is 10.8. The van der Waals surface area contributed by atoms with Gasteiger partial charge in [-0.15, -0.1) is 0 Å². The largest absolute Gasteiger partial charge is 0.457 e. The van der Waals surface area contributed by atoms with Crippen molar-refractivity contribution in [1.29, 1.82) is 0 Å². The third kappa shape index (κ3) is 4.58. The first-order chi connectivity index (χ1) is 13.5. The van der Waals surface area contributed by atoms with Crippen LogP contribution in [-0.2, 0) is 6.42 Å². The number of nitrogens with one attached hydrogen (secondary N) is 1. The van der Waals surface area contributed by atoms with Gasteiger partial charge in [-0.05, 0) is 55.2 Å². The molecule has 0 aliphatic heterocycles. The van der Waals surface area contributed by atoms with E-state index in [4.69, 9.17) is 4.74 Å². The number of carbonyl (C=O) groups excluding carboxylic acids is 1. The van der Waals surface area contributed by atoms with Crippen molar-refractivity contribution in [1.82, 2.24) is 4.98 Å². The molecule has 0 saturated heterocycles. The molecule has 1 N–H and O–H groups in total. The third-order valence-corrected chi connectivity index (χ3v) is 4.61. The second-order valence-electron chi connectivity index (χ2n) is 7.07. The van der Waals surface area contributed by atoms with Gasteiger partial charge in [-0.2, -0.15) is 0 Å². The first kappa shape index (κ1) is 19.6. The first-order valence-electron chi connectivity index (χ1n) is 9.62. The number of anilines is 1. The molecule has 0 aliphatic carbocycles. The van der Waals surface area contributed by atoms with E-state index in [1.807, 2.05) is 68.4 Å². The Morgan fingerprint density at radius 2 is 1.86 bits per heavy atom. The van der Waals surface area contributed by atoms with Gasteiger partial charge in [0.1, 0.15) is 11.5 Å². The quantitative estimate of drug-likeness (QED) is 0.565. The van der Waals surface area contributed by atoms with E-state index >= 15 is 0 Å².